The number of nitrogens with one attached hydrogen (secondary N) is 1. The Morgan fingerprint density at radius 1 is 1.42 bits per heavy atom. The minimum atomic E-state index is -4.89. The Morgan fingerprint density at radius 3 is 2.53 bits per heavy atom. The molecule has 19 heavy (non-hydrogen) atoms. The van der Waals surface area contributed by atoms with Gasteiger partial charge >= 0.3 is 12.1 Å². The summed E-state index contributed by atoms with van der Waals surface area (Å²) in [6, 6.07) is 0.907. The third-order valence-corrected chi connectivity index (χ3v) is 2.35. The minimum Gasteiger partial charge on any atom is -0.481 e. The van der Waals surface area contributed by atoms with E-state index in [4.69, 9.17) is 5.11 Å². The third-order valence-electron chi connectivity index (χ3n) is 2.35. The molecule has 2 N–H and O–H groups in total. The maximum atomic E-state index is 13.1. The first-order valence-corrected chi connectivity index (χ1v) is 5.04. The van der Waals surface area contributed by atoms with Crippen molar-refractivity contribution in [2.45, 2.75) is 18.6 Å². The molecular weight excluding hydrogens is 270 g/mol. The number of hydrogen-bond donors (Lipinski definition) is 2. The monoisotopic (exact) mass is 279 g/mol. The summed E-state index contributed by atoms with van der Waals surface area (Å²) in [7, 11) is 0. The van der Waals surface area contributed by atoms with Gasteiger partial charge in [-0.15, -0.1) is 0 Å². The molecule has 0 heterocycles. The van der Waals surface area contributed by atoms with Crippen LogP contribution in [-0.4, -0.2) is 17.5 Å². The first-order valence-electron chi connectivity index (χ1n) is 5.04. The zero-order valence-electron chi connectivity index (χ0n) is 9.37. The second-order valence-electron chi connectivity index (χ2n) is 3.67. The Labute approximate surface area is 105 Å². The lowest BCUT2D eigenvalue weighted by molar-refractivity contribution is -0.140. The fourth-order valence-corrected chi connectivity index (χ4v) is 1.51. The predicted molar refractivity (Wildman–Crippen MR) is 55.6 cm³/mol. The number of amides is 1. The van der Waals surface area contributed by atoms with Crippen LogP contribution < -0.4 is 5.32 Å². The van der Waals surface area contributed by atoms with Crippen molar-refractivity contribution in [2.75, 3.05) is 0 Å². The predicted octanol–water partition coefficient (Wildman–Crippen LogP) is 2.11. The van der Waals surface area contributed by atoms with E-state index in [2.05, 4.69) is 5.32 Å². The van der Waals surface area contributed by atoms with Crippen molar-refractivity contribution < 1.29 is 32.3 Å². The van der Waals surface area contributed by atoms with Gasteiger partial charge < -0.3 is 10.4 Å². The molecule has 0 aliphatic carbocycles. The van der Waals surface area contributed by atoms with Crippen molar-refractivity contribution in [3.63, 3.8) is 0 Å². The molecule has 1 rings (SSSR count). The Bertz CT molecular complexity index is 487. The molecule has 0 aromatic heterocycles. The Morgan fingerprint density at radius 2 is 2.05 bits per heavy atom. The number of carbonyl (C=O) groups is 2. The van der Waals surface area contributed by atoms with Crippen LogP contribution in [0.4, 0.5) is 17.6 Å². The summed E-state index contributed by atoms with van der Waals surface area (Å²) >= 11 is 0. The van der Waals surface area contributed by atoms with Crippen LogP contribution in [0.5, 0.6) is 0 Å². The van der Waals surface area contributed by atoms with Gasteiger partial charge in [0.15, 0.2) is 0 Å². The summed E-state index contributed by atoms with van der Waals surface area (Å²) in [4.78, 5) is 20.9. The molecule has 1 amide bonds. The van der Waals surface area contributed by atoms with Crippen LogP contribution in [0.15, 0.2) is 18.2 Å². The largest absolute Gasteiger partial charge is 0.481 e. The van der Waals surface area contributed by atoms with Crippen molar-refractivity contribution >= 4 is 12.4 Å². The summed E-state index contributed by atoms with van der Waals surface area (Å²) in [5, 5.41) is 10.7. The molecule has 0 saturated carbocycles. The summed E-state index contributed by atoms with van der Waals surface area (Å²) in [5.74, 6) is -2.77. The minimum absolute atomic E-state index is 0.136. The van der Waals surface area contributed by atoms with Gasteiger partial charge in [-0.05, 0) is 17.7 Å². The van der Waals surface area contributed by atoms with Crippen LogP contribution in [0.2, 0.25) is 0 Å². The van der Waals surface area contributed by atoms with Gasteiger partial charge in [-0.25, -0.2) is 4.39 Å². The number of rotatable bonds is 5. The molecule has 0 spiro atoms. The van der Waals surface area contributed by atoms with Crippen molar-refractivity contribution in [3.05, 3.63) is 35.1 Å². The molecule has 0 aliphatic heterocycles. The van der Waals surface area contributed by atoms with Crippen molar-refractivity contribution in [2.24, 2.45) is 0 Å². The molecule has 1 atom stereocenters. The van der Waals surface area contributed by atoms with Crippen LogP contribution in [0.25, 0.3) is 0 Å². The molecule has 0 aliphatic rings. The van der Waals surface area contributed by atoms with Gasteiger partial charge in [-0.2, -0.15) is 13.2 Å². The number of halogens is 4. The summed E-state index contributed by atoms with van der Waals surface area (Å²) < 4.78 is 50.5. The first kappa shape index (κ1) is 14.9. The van der Waals surface area contributed by atoms with E-state index in [0.717, 1.165) is 6.07 Å². The van der Waals surface area contributed by atoms with Crippen molar-refractivity contribution in [1.29, 1.82) is 0 Å². The van der Waals surface area contributed by atoms with Crippen LogP contribution in [0, 0.1) is 5.82 Å². The van der Waals surface area contributed by atoms with E-state index >= 15 is 0 Å². The smallest absolute Gasteiger partial charge is 0.419 e. The molecule has 4 nitrogen and oxygen atoms in total. The average Bonchev–Trinajstić information content (AvgIpc) is 2.27. The van der Waals surface area contributed by atoms with Crippen LogP contribution in [0.1, 0.15) is 23.6 Å². The fourth-order valence-electron chi connectivity index (χ4n) is 1.51. The third kappa shape index (κ3) is 3.94. The molecular formula is C11H9F4NO3. The zero-order valence-corrected chi connectivity index (χ0v) is 9.37. The van der Waals surface area contributed by atoms with E-state index in [9.17, 15) is 27.2 Å². The highest BCUT2D eigenvalue weighted by atomic mass is 19.4. The SMILES string of the molecule is O=CN[C@@H](CC(=O)O)c1ccc(F)c(C(F)(F)F)c1. The van der Waals surface area contributed by atoms with Crippen LogP contribution in [0.3, 0.4) is 0 Å². The van der Waals surface area contributed by atoms with Gasteiger partial charge in [0, 0.05) is 0 Å². The number of carboxylic acid groups (broad SMARTS) is 1. The van der Waals surface area contributed by atoms with E-state index in [1.54, 1.807) is 0 Å². The van der Waals surface area contributed by atoms with Crippen LogP contribution in [-0.2, 0) is 15.8 Å². The fraction of sp³-hybridized carbons (Fsp3) is 0.273. The number of hydrogen-bond acceptors (Lipinski definition) is 2. The van der Waals surface area contributed by atoms with Crippen molar-refractivity contribution in [1.82, 2.24) is 5.32 Å². The van der Waals surface area contributed by atoms with Gasteiger partial charge in [-0.1, -0.05) is 6.07 Å². The van der Waals surface area contributed by atoms with E-state index in [0.29, 0.717) is 12.1 Å². The normalized spacial score (nSPS) is 12.8. The molecule has 1 aromatic carbocycles. The Hall–Kier alpha value is -2.12. The highest BCUT2D eigenvalue weighted by Gasteiger charge is 2.34. The Balaban J connectivity index is 3.17. The molecule has 0 radical (unpaired) electrons. The lowest BCUT2D eigenvalue weighted by Gasteiger charge is -2.16. The second kappa shape index (κ2) is 5.68. The van der Waals surface area contributed by atoms with Gasteiger partial charge in [0.1, 0.15) is 5.82 Å². The number of carboxylic acids is 1. The number of aliphatic carboxylic acids is 1. The highest BCUT2D eigenvalue weighted by molar-refractivity contribution is 5.68. The van der Waals surface area contributed by atoms with E-state index in [-0.39, 0.29) is 12.0 Å². The molecule has 0 bridgehead atoms. The summed E-state index contributed by atoms with van der Waals surface area (Å²) in [5.41, 5.74) is -1.64. The van der Waals surface area contributed by atoms with Crippen molar-refractivity contribution in [3.8, 4) is 0 Å². The quantitative estimate of drug-likeness (QED) is 0.640. The summed E-state index contributed by atoms with van der Waals surface area (Å²) in [6.45, 7) is 0. The maximum absolute atomic E-state index is 13.1. The molecule has 0 unspecified atom stereocenters. The lowest BCUT2D eigenvalue weighted by atomic mass is 10.0. The molecule has 1 aromatic rings. The molecule has 0 fully saturated rings. The summed E-state index contributed by atoms with van der Waals surface area (Å²) in [6.07, 6.45) is -5.33. The zero-order chi connectivity index (χ0) is 14.6. The van der Waals surface area contributed by atoms with Gasteiger partial charge in [0.2, 0.25) is 6.41 Å². The van der Waals surface area contributed by atoms with Gasteiger partial charge in [0.25, 0.3) is 0 Å². The number of benzene rings is 1. The van der Waals surface area contributed by atoms with Gasteiger partial charge in [-0.3, -0.25) is 9.59 Å². The second-order valence-corrected chi connectivity index (χ2v) is 3.67. The topological polar surface area (TPSA) is 66.4 Å². The Kier molecular flexibility index (Phi) is 4.47. The maximum Gasteiger partial charge on any atom is 0.419 e. The molecule has 104 valence electrons. The van der Waals surface area contributed by atoms with E-state index in [1.165, 1.54) is 0 Å². The molecule has 0 saturated heterocycles. The van der Waals surface area contributed by atoms with Gasteiger partial charge in [0.05, 0.1) is 18.0 Å². The number of alkyl halides is 3. The molecule has 8 heteroatoms. The highest BCUT2D eigenvalue weighted by Crippen LogP contribution is 2.33. The first-order chi connectivity index (χ1) is 8.75. The number of carbonyl (C=O) groups excluding carboxylic acids is 1. The standard InChI is InChI=1S/C11H9F4NO3/c12-8-2-1-6(3-7(8)11(13,14)15)9(16-5-17)4-10(18)19/h1-3,5,9H,4H2,(H,16,17)(H,18,19)/t9-/m0/s1. The van der Waals surface area contributed by atoms with E-state index < -0.39 is 36.0 Å². The van der Waals surface area contributed by atoms with E-state index in [1.807, 2.05) is 0 Å². The average molecular weight is 279 g/mol. The lowest BCUT2D eigenvalue weighted by Crippen LogP contribution is -2.23. The van der Waals surface area contributed by atoms with Crippen LogP contribution >= 0.6 is 0 Å².